The van der Waals surface area contributed by atoms with E-state index in [1.807, 2.05) is 0 Å². The highest BCUT2D eigenvalue weighted by atomic mass is 16.8. The van der Waals surface area contributed by atoms with Crippen molar-refractivity contribution in [2.45, 2.75) is 321 Å². The molecule has 0 aliphatic carbocycles. The predicted octanol–water partition coefficient (Wildman–Crippen LogP) is -28.0. The maximum Gasteiger partial charge on any atom is 0.217 e. The Kier molecular flexibility index (Phi) is 58.6. The minimum Gasteiger partial charge on any atom is -0.394 e. The number of hydrogen-bond donors (Lipinski definition) is 43. The van der Waals surface area contributed by atoms with Crippen LogP contribution in [-0.4, -0.2) is 630 Å². The summed E-state index contributed by atoms with van der Waals surface area (Å²) in [6, 6.07) is -1.95. The number of aliphatic hydroxyl groups is 35. The Labute approximate surface area is 781 Å². The van der Waals surface area contributed by atoms with E-state index in [0.717, 1.165) is 0 Å². The largest absolute Gasteiger partial charge is 0.394 e. The highest BCUT2D eigenvalue weighted by Crippen LogP contribution is 2.35. The van der Waals surface area contributed by atoms with Gasteiger partial charge >= 0.3 is 0 Å². The van der Waals surface area contributed by atoms with Crippen LogP contribution in [-0.2, 0) is 94.8 Å². The molecule has 1 unspecified atom stereocenters. The Morgan fingerprint density at radius 1 is 0.248 bits per heavy atom. The van der Waals surface area contributed by atoms with Crippen LogP contribution in [0.5, 0.6) is 0 Å². The second-order valence-corrected chi connectivity index (χ2v) is 32.1. The molecule has 0 radical (unpaired) electrons. The lowest BCUT2D eigenvalue weighted by Crippen LogP contribution is -2.65. The molecule has 0 saturated carbocycles. The first-order valence-electron chi connectivity index (χ1n) is 43.4. The van der Waals surface area contributed by atoms with Gasteiger partial charge in [0.15, 0.2) is 62.9 Å². The summed E-state index contributed by atoms with van der Waals surface area (Å²) < 4.78 is 99.3. The lowest BCUT2D eigenvalue weighted by molar-refractivity contribution is -0.367. The van der Waals surface area contributed by atoms with Gasteiger partial charge in [0, 0.05) is 46.2 Å². The number of carbonyl (C=O) groups is 1. The minimum absolute atomic E-state index is 0.0141. The molecule has 1 amide bonds. The maximum atomic E-state index is 11.0. The number of ether oxygens (including phenoxy) is 19. The summed E-state index contributed by atoms with van der Waals surface area (Å²) in [5, 5.41) is 338. The number of nitrogens with one attached hydrogen (secondary N) is 1. The van der Waals surface area contributed by atoms with Crippen molar-refractivity contribution in [3.8, 4) is 0 Å². The Morgan fingerprint density at radius 2 is 0.489 bits per heavy atom. The molecule has 0 bridgehead atoms. The number of amides is 1. The molecule has 50 atom stereocenters. The lowest BCUT2D eigenvalue weighted by atomic mass is 9.96. The number of nitrogens with two attached hydrogens (primary N) is 7. The summed E-state index contributed by atoms with van der Waals surface area (Å²) in [5.74, 6) is -0.390. The molecule has 10 aliphatic heterocycles. The standard InChI is InChI=1S/C20H37NO16.C14H27NO11.C10H20N2O6.2C8H17NO6.C8H17NO5.C6H13NO5/c21-1-2-32-19-16(31)17(37-20-15(30)13(28)10(25)7(4-23)35-20)11(26)8(36-19)5-33-18-14(29)12(27)9(24)6(3-22)34-18;15-1-2-23-14-12(10(21)8(19)6(4-17)25-14)26-13-11(22)9(20)7(18)5(3-16)24-13;1-5(14)12-7-9(16)8(15)6(4-13)18-10(7)17-3-2-11;2*9-1-2-14-8-7(13)6(12)5(11)4(3-10)15-8;1-4-5(10)6(11)7(12)8(14-4)13-3-2-9;7-3-5(10)4(9)2(1-8)12-6(3)11/h6-20,22-31H,1-5,21H2;5-14,16-22H,1-4,15H2;6-10,13,15-16H,2-4,11H2,1H3,(H,12,14);2*4-8,10-13H,1-3,9H2;4-8,10-12H,2-3,9H2,1H3;2-6,8-11H,1,7H2/t6-,7-,8-,9-,10-,11-,12+,13+,14+,15+,16+,17+,18+,19+,20-;5-,6-,7-,8-,9+,10+,11+,12+,13-,14+;6-,7-,8-,9-,10-;4-,5-,6+,7+,8+;4-,5-,6+,7-,8+;4-,5+,6+,7-,8-;2-,3-,4-,5-,6?/m1111101/s1. The molecular formula is C74H148N8O55. The maximum absolute atomic E-state index is 11.0. The van der Waals surface area contributed by atoms with E-state index < -0.39 is 372 Å². The highest BCUT2D eigenvalue weighted by molar-refractivity contribution is 5.73. The molecule has 10 saturated heterocycles. The molecule has 50 N–H and O–H groups in total. The Balaban J connectivity index is 0.000000347. The van der Waals surface area contributed by atoms with E-state index in [2.05, 4.69) is 5.32 Å². The van der Waals surface area contributed by atoms with E-state index in [1.54, 1.807) is 6.92 Å². The third-order valence-electron chi connectivity index (χ3n) is 22.1. The normalized spacial score (nSPS) is 45.0. The molecule has 10 heterocycles. The van der Waals surface area contributed by atoms with Crippen molar-refractivity contribution in [2.24, 2.45) is 40.1 Å². The monoisotopic (exact) mass is 2030 g/mol. The van der Waals surface area contributed by atoms with Crippen molar-refractivity contribution in [3.05, 3.63) is 0 Å². The van der Waals surface area contributed by atoms with Crippen molar-refractivity contribution >= 4 is 5.91 Å². The number of aliphatic hydroxyl groups excluding tert-OH is 35. The third kappa shape index (κ3) is 35.4. The van der Waals surface area contributed by atoms with Gasteiger partial charge in [-0.1, -0.05) is 0 Å². The summed E-state index contributed by atoms with van der Waals surface area (Å²) in [6.45, 7) is -0.363. The second kappa shape index (κ2) is 63.5. The molecule has 10 aliphatic rings. The first-order chi connectivity index (χ1) is 64.8. The van der Waals surface area contributed by atoms with Crippen molar-refractivity contribution in [1.29, 1.82) is 0 Å². The molecule has 0 aromatic heterocycles. The van der Waals surface area contributed by atoms with Gasteiger partial charge in [0.25, 0.3) is 0 Å². The van der Waals surface area contributed by atoms with Crippen LogP contribution in [0.15, 0.2) is 0 Å². The van der Waals surface area contributed by atoms with E-state index in [1.165, 1.54) is 6.92 Å². The van der Waals surface area contributed by atoms with Gasteiger partial charge in [-0.3, -0.25) is 4.79 Å². The first-order valence-corrected chi connectivity index (χ1v) is 43.4. The average molecular weight is 2030 g/mol. The third-order valence-corrected chi connectivity index (χ3v) is 22.1. The topological polar surface area (TPSA) is 1090 Å². The van der Waals surface area contributed by atoms with Gasteiger partial charge in [0.05, 0.1) is 111 Å². The SMILES string of the molecule is CC(=O)N[C@H]1[C@H](OCCN)O[C@H](CO)[C@@H](O)[C@@H]1O.C[C@@H]1O[C@H](OCCN)[C@@H](O)[C@H](O)[C@@H]1O.NCCO[C@H]1O[C@H](CO)[C@@H](O)[C@H](O)[C@@H]1O.NCCO[C@H]1O[C@H](CO)[C@@H](O)[C@H](O)[C@@H]1O[C@H]1O[C@H](CO)[C@@H](O)[C@H](O)[C@@H]1O.NCCO[C@H]1O[C@H](CO)[C@@H](O)[C@H](O)[C@H]1O.NCCO[C@H]1O[C@H](CO[C@H]2O[C@H](CO)[C@@H](O)[C@H](O)[C@@H]2O)[C@@H](O)[C@H](O[C@H]2O[C@H](CO)[C@@H](O)[C@H](O)[C@@H]2O)[C@@H]1O.N[C@H]1C(O)O[C@H](CO)[C@@H](O)[C@@H]1O. The van der Waals surface area contributed by atoms with Crippen molar-refractivity contribution < 1.29 is 274 Å². The molecule has 10 rings (SSSR count). The van der Waals surface area contributed by atoms with Crippen LogP contribution in [0, 0.1) is 0 Å². The van der Waals surface area contributed by atoms with Gasteiger partial charge in [0.2, 0.25) is 5.91 Å². The van der Waals surface area contributed by atoms with E-state index in [-0.39, 0.29) is 72.4 Å². The molecule has 0 aromatic carbocycles. The Hall–Kier alpha value is -2.97. The summed E-state index contributed by atoms with van der Waals surface area (Å²) in [6.07, 6.45) is -65.2. The number of hydrogen-bond acceptors (Lipinski definition) is 62. The van der Waals surface area contributed by atoms with Gasteiger partial charge < -0.3 is 314 Å². The fourth-order valence-electron chi connectivity index (χ4n) is 14.1. The van der Waals surface area contributed by atoms with Crippen molar-refractivity contribution in [2.75, 3.05) is 138 Å². The summed E-state index contributed by atoms with van der Waals surface area (Å²) >= 11 is 0. The molecular weight excluding hydrogens is 1880 g/mol. The van der Waals surface area contributed by atoms with E-state index in [0.29, 0.717) is 6.54 Å². The van der Waals surface area contributed by atoms with E-state index in [4.69, 9.17) is 156 Å². The van der Waals surface area contributed by atoms with Crippen LogP contribution < -0.4 is 45.5 Å². The Bertz CT molecular complexity index is 3120. The smallest absolute Gasteiger partial charge is 0.217 e. The number of rotatable bonds is 34. The first kappa shape index (κ1) is 126. The molecule has 137 heavy (non-hydrogen) atoms. The fraction of sp³-hybridized carbons (Fsp3) is 0.986. The molecule has 10 fully saturated rings. The van der Waals surface area contributed by atoms with E-state index >= 15 is 0 Å². The highest BCUT2D eigenvalue weighted by Gasteiger charge is 2.56. The van der Waals surface area contributed by atoms with Crippen LogP contribution >= 0.6 is 0 Å². The second-order valence-electron chi connectivity index (χ2n) is 32.1. The van der Waals surface area contributed by atoms with Crippen LogP contribution in [0.25, 0.3) is 0 Å². The zero-order valence-corrected chi connectivity index (χ0v) is 74.6. The van der Waals surface area contributed by atoms with Gasteiger partial charge in [-0.25, -0.2) is 0 Å². The summed E-state index contributed by atoms with van der Waals surface area (Å²) in [5.41, 5.74) is 37.0. The lowest BCUT2D eigenvalue weighted by Gasteiger charge is -2.46. The molecule has 63 heteroatoms. The molecule has 0 spiro atoms. The Morgan fingerprint density at radius 3 is 0.825 bits per heavy atom. The van der Waals surface area contributed by atoms with Crippen molar-refractivity contribution in [1.82, 2.24) is 5.32 Å². The van der Waals surface area contributed by atoms with Crippen LogP contribution in [0.2, 0.25) is 0 Å². The van der Waals surface area contributed by atoms with Gasteiger partial charge in [-0.2, -0.15) is 0 Å². The van der Waals surface area contributed by atoms with Crippen LogP contribution in [0.4, 0.5) is 0 Å². The minimum atomic E-state index is -1.83. The van der Waals surface area contributed by atoms with Gasteiger partial charge in [-0.15, -0.1) is 0 Å². The van der Waals surface area contributed by atoms with Crippen molar-refractivity contribution in [3.63, 3.8) is 0 Å². The number of carbonyl (C=O) groups excluding carboxylic acids is 1. The summed E-state index contributed by atoms with van der Waals surface area (Å²) in [7, 11) is 0. The average Bonchev–Trinajstić information content (AvgIpc) is 0.730. The van der Waals surface area contributed by atoms with Crippen LogP contribution in [0.3, 0.4) is 0 Å². The molecule has 63 nitrogen and oxygen atoms in total. The predicted molar refractivity (Wildman–Crippen MR) is 439 cm³/mol. The quantitative estimate of drug-likeness (QED) is 0.0284. The zero-order chi connectivity index (χ0) is 103. The van der Waals surface area contributed by atoms with E-state index in [9.17, 15) is 158 Å². The zero-order valence-electron chi connectivity index (χ0n) is 74.6. The van der Waals surface area contributed by atoms with Crippen LogP contribution in [0.1, 0.15) is 13.8 Å². The molecule has 0 aromatic rings. The summed E-state index contributed by atoms with van der Waals surface area (Å²) in [4.78, 5) is 11.0. The van der Waals surface area contributed by atoms with Gasteiger partial charge in [0.1, 0.15) is 232 Å². The van der Waals surface area contributed by atoms with Gasteiger partial charge in [-0.05, 0) is 6.92 Å². The molecule has 814 valence electrons. The fourth-order valence-corrected chi connectivity index (χ4v) is 14.1.